The molecule has 6 nitrogen and oxygen atoms in total. The van der Waals surface area contributed by atoms with Crippen LogP contribution in [0.15, 0.2) is 50.7 Å². The number of aromatic nitrogens is 2. The van der Waals surface area contributed by atoms with Gasteiger partial charge in [-0.3, -0.25) is 4.31 Å². The molecule has 0 radical (unpaired) electrons. The van der Waals surface area contributed by atoms with Gasteiger partial charge in [-0.15, -0.1) is 23.1 Å². The highest BCUT2D eigenvalue weighted by Gasteiger charge is 2.30. The first kappa shape index (κ1) is 19.6. The Bertz CT molecular complexity index is 1370. The number of hydrogen-bond donors (Lipinski definition) is 0. The molecular formula is C21H19N3O3S3. The fourth-order valence-electron chi connectivity index (χ4n) is 3.80. The van der Waals surface area contributed by atoms with Crippen molar-refractivity contribution in [2.45, 2.75) is 30.6 Å². The van der Waals surface area contributed by atoms with Crippen molar-refractivity contribution >= 4 is 49.0 Å². The van der Waals surface area contributed by atoms with E-state index in [-0.39, 0.29) is 0 Å². The average molecular weight is 458 g/mol. The van der Waals surface area contributed by atoms with Crippen molar-refractivity contribution in [3.63, 3.8) is 0 Å². The second-order valence-electron chi connectivity index (χ2n) is 7.17. The lowest BCUT2D eigenvalue weighted by Gasteiger charge is -2.30. The van der Waals surface area contributed by atoms with Crippen molar-refractivity contribution in [3.8, 4) is 11.1 Å². The number of sulfonamides is 1. The van der Waals surface area contributed by atoms with Gasteiger partial charge in [0.1, 0.15) is 5.76 Å². The van der Waals surface area contributed by atoms with Crippen LogP contribution in [0.5, 0.6) is 0 Å². The highest BCUT2D eigenvalue weighted by Crippen LogP contribution is 2.41. The maximum atomic E-state index is 13.6. The molecule has 2 aromatic heterocycles. The predicted molar refractivity (Wildman–Crippen MR) is 121 cm³/mol. The minimum Gasteiger partial charge on any atom is -0.361 e. The number of hydrogen-bond acceptors (Lipinski definition) is 7. The molecule has 0 fully saturated rings. The molecule has 154 valence electrons. The summed E-state index contributed by atoms with van der Waals surface area (Å²) in [4.78, 5) is 5.68. The van der Waals surface area contributed by atoms with Gasteiger partial charge in [0.15, 0.2) is 0 Å². The Kier molecular flexibility index (Phi) is 4.64. The lowest BCUT2D eigenvalue weighted by atomic mass is 10.0. The van der Waals surface area contributed by atoms with Crippen LogP contribution in [0, 0.1) is 20.8 Å². The van der Waals surface area contributed by atoms with Gasteiger partial charge in [0.2, 0.25) is 0 Å². The molecule has 9 heteroatoms. The molecule has 0 amide bonds. The molecule has 0 unspecified atom stereocenters. The number of fused-ring (bicyclic) bond motifs is 2. The van der Waals surface area contributed by atoms with Gasteiger partial charge in [0.25, 0.3) is 10.0 Å². The number of anilines is 1. The van der Waals surface area contributed by atoms with E-state index in [0.29, 0.717) is 22.9 Å². The first-order chi connectivity index (χ1) is 14.3. The van der Waals surface area contributed by atoms with Crippen LogP contribution in [-0.2, 0) is 10.0 Å². The SMILES string of the molecule is Cc1nc2ccc(S(=O)(=O)N3CCSc4ccc(-c5c(C)noc5C)cc43)cc2s1. The molecular weight excluding hydrogens is 438 g/mol. The smallest absolute Gasteiger partial charge is 0.264 e. The van der Waals surface area contributed by atoms with Gasteiger partial charge in [0, 0.05) is 22.8 Å². The summed E-state index contributed by atoms with van der Waals surface area (Å²) < 4.78 is 34.9. The molecule has 4 aromatic rings. The van der Waals surface area contributed by atoms with E-state index in [0.717, 1.165) is 42.7 Å². The van der Waals surface area contributed by atoms with E-state index in [2.05, 4.69) is 10.1 Å². The minimum absolute atomic E-state index is 0.291. The summed E-state index contributed by atoms with van der Waals surface area (Å²) in [6, 6.07) is 11.1. The number of aryl methyl sites for hydroxylation is 3. The van der Waals surface area contributed by atoms with Crippen molar-refractivity contribution in [1.82, 2.24) is 10.1 Å². The summed E-state index contributed by atoms with van der Waals surface area (Å²) in [7, 11) is -3.70. The zero-order chi connectivity index (χ0) is 21.0. The Balaban J connectivity index is 1.63. The number of benzene rings is 2. The monoisotopic (exact) mass is 457 g/mol. The highest BCUT2D eigenvalue weighted by molar-refractivity contribution is 8.00. The third-order valence-electron chi connectivity index (χ3n) is 5.16. The summed E-state index contributed by atoms with van der Waals surface area (Å²) in [5.41, 5.74) is 4.13. The molecule has 0 spiro atoms. The summed E-state index contributed by atoms with van der Waals surface area (Å²) in [5, 5.41) is 4.95. The summed E-state index contributed by atoms with van der Waals surface area (Å²) in [5.74, 6) is 1.43. The van der Waals surface area contributed by atoms with Gasteiger partial charge in [-0.05, 0) is 56.7 Å². The second-order valence-corrected chi connectivity index (χ2v) is 11.4. The van der Waals surface area contributed by atoms with E-state index >= 15 is 0 Å². The van der Waals surface area contributed by atoms with E-state index in [1.54, 1.807) is 30.0 Å². The van der Waals surface area contributed by atoms with Crippen LogP contribution >= 0.6 is 23.1 Å². The number of nitrogens with zero attached hydrogens (tertiary/aromatic N) is 3. The molecule has 0 aliphatic carbocycles. The van der Waals surface area contributed by atoms with E-state index in [9.17, 15) is 8.42 Å². The maximum Gasteiger partial charge on any atom is 0.264 e. The molecule has 0 N–H and O–H groups in total. The van der Waals surface area contributed by atoms with Crippen molar-refractivity contribution in [2.75, 3.05) is 16.6 Å². The van der Waals surface area contributed by atoms with Crippen LogP contribution < -0.4 is 4.31 Å². The van der Waals surface area contributed by atoms with E-state index in [1.807, 2.05) is 39.0 Å². The van der Waals surface area contributed by atoms with Crippen molar-refractivity contribution in [3.05, 3.63) is 52.9 Å². The minimum atomic E-state index is -3.70. The van der Waals surface area contributed by atoms with Gasteiger partial charge in [0.05, 0.1) is 31.5 Å². The molecule has 1 aliphatic heterocycles. The van der Waals surface area contributed by atoms with Crippen LogP contribution in [-0.4, -0.2) is 30.9 Å². The van der Waals surface area contributed by atoms with E-state index in [1.165, 1.54) is 15.6 Å². The Morgan fingerprint density at radius 1 is 1.10 bits per heavy atom. The van der Waals surface area contributed by atoms with Crippen LogP contribution in [0.3, 0.4) is 0 Å². The Labute approximate surface area is 183 Å². The van der Waals surface area contributed by atoms with Crippen molar-refractivity contribution in [1.29, 1.82) is 0 Å². The average Bonchev–Trinajstić information content (AvgIpc) is 3.26. The molecule has 0 saturated heterocycles. The summed E-state index contributed by atoms with van der Waals surface area (Å²) in [6.07, 6.45) is 0. The third-order valence-corrected chi connectivity index (χ3v) is 8.94. The largest absolute Gasteiger partial charge is 0.361 e. The zero-order valence-corrected chi connectivity index (χ0v) is 19.1. The zero-order valence-electron chi connectivity index (χ0n) is 16.7. The predicted octanol–water partition coefficient (Wildman–Crippen LogP) is 5.18. The number of thiazole rings is 1. The van der Waals surface area contributed by atoms with Gasteiger partial charge < -0.3 is 4.52 Å². The molecule has 5 rings (SSSR count). The first-order valence-corrected chi connectivity index (χ1v) is 12.7. The standard InChI is InChI=1S/C21H19N3O3S3/c1-12-21(13(2)27-23-12)15-4-7-19-18(10-15)24(8-9-28-19)30(25,26)16-5-6-17-20(11-16)29-14(3)22-17/h4-7,10-11H,8-9H2,1-3H3. The fourth-order valence-corrected chi connectivity index (χ4v) is 7.39. The quantitative estimate of drug-likeness (QED) is 0.422. The van der Waals surface area contributed by atoms with Crippen molar-refractivity contribution < 1.29 is 12.9 Å². The van der Waals surface area contributed by atoms with Gasteiger partial charge >= 0.3 is 0 Å². The van der Waals surface area contributed by atoms with Crippen LogP contribution in [0.25, 0.3) is 21.3 Å². The van der Waals surface area contributed by atoms with Gasteiger partial charge in [-0.2, -0.15) is 0 Å². The first-order valence-electron chi connectivity index (χ1n) is 9.44. The Hall–Kier alpha value is -2.36. The summed E-state index contributed by atoms with van der Waals surface area (Å²) in [6.45, 7) is 6.10. The lowest BCUT2D eigenvalue weighted by molar-refractivity contribution is 0.393. The molecule has 0 atom stereocenters. The van der Waals surface area contributed by atoms with Gasteiger partial charge in [-0.25, -0.2) is 13.4 Å². The van der Waals surface area contributed by atoms with Crippen LogP contribution in [0.2, 0.25) is 0 Å². The third kappa shape index (κ3) is 3.12. The van der Waals surface area contributed by atoms with Crippen molar-refractivity contribution in [2.24, 2.45) is 0 Å². The highest BCUT2D eigenvalue weighted by atomic mass is 32.2. The maximum absolute atomic E-state index is 13.6. The lowest BCUT2D eigenvalue weighted by Crippen LogP contribution is -2.35. The molecule has 1 aliphatic rings. The normalized spacial score (nSPS) is 14.3. The van der Waals surface area contributed by atoms with E-state index < -0.39 is 10.0 Å². The number of thioether (sulfide) groups is 1. The molecule has 3 heterocycles. The van der Waals surface area contributed by atoms with Gasteiger partial charge in [-0.1, -0.05) is 11.2 Å². The molecule has 2 aromatic carbocycles. The van der Waals surface area contributed by atoms with E-state index in [4.69, 9.17) is 4.52 Å². The molecule has 0 bridgehead atoms. The summed E-state index contributed by atoms with van der Waals surface area (Å²) >= 11 is 3.17. The topological polar surface area (TPSA) is 76.3 Å². The van der Waals surface area contributed by atoms with Crippen LogP contribution in [0.4, 0.5) is 5.69 Å². The molecule has 0 saturated carbocycles. The number of rotatable bonds is 3. The Morgan fingerprint density at radius 3 is 2.70 bits per heavy atom. The fraction of sp³-hybridized carbons (Fsp3) is 0.238. The van der Waals surface area contributed by atoms with Crippen LogP contribution in [0.1, 0.15) is 16.5 Å². The molecule has 30 heavy (non-hydrogen) atoms. The Morgan fingerprint density at radius 2 is 1.93 bits per heavy atom. The second kappa shape index (κ2) is 7.11.